The van der Waals surface area contributed by atoms with Crippen LogP contribution in [0.15, 0.2) is 24.2 Å². The summed E-state index contributed by atoms with van der Waals surface area (Å²) in [6.07, 6.45) is 2.05. The molecule has 0 atom stereocenters. The van der Waals surface area contributed by atoms with Crippen LogP contribution in [-0.4, -0.2) is 5.60 Å². The summed E-state index contributed by atoms with van der Waals surface area (Å²) in [6, 6.07) is 6.14. The van der Waals surface area contributed by atoms with E-state index in [0.29, 0.717) is 6.04 Å². The summed E-state index contributed by atoms with van der Waals surface area (Å²) >= 11 is 0. The fraction of sp³-hybridized carbons (Fsp3) is 0.455. The van der Waals surface area contributed by atoms with Gasteiger partial charge < -0.3 is 4.74 Å². The largest absolute Gasteiger partial charge is 0.488 e. The molecule has 0 spiro atoms. The van der Waals surface area contributed by atoms with Crippen molar-refractivity contribution in [3.05, 3.63) is 29.8 Å². The van der Waals surface area contributed by atoms with E-state index in [1.165, 1.54) is 5.56 Å². The van der Waals surface area contributed by atoms with Crippen molar-refractivity contribution < 1.29 is 6.11 Å². The molecule has 1 aliphatic heterocycles. The first-order valence-corrected chi connectivity index (χ1v) is 4.35. The maximum atomic E-state index is 7.48. The van der Waals surface area contributed by atoms with E-state index in [2.05, 4.69) is 13.8 Å². The van der Waals surface area contributed by atoms with E-state index in [0.717, 1.165) is 18.6 Å². The third-order valence-corrected chi connectivity index (χ3v) is 2.29. The highest BCUT2D eigenvalue weighted by Crippen LogP contribution is 2.32. The van der Waals surface area contributed by atoms with E-state index < -0.39 is 0 Å². The molecule has 1 heteroatoms. The Morgan fingerprint density at radius 2 is 2.33 bits per heavy atom. The molecule has 1 aromatic rings. The fourth-order valence-corrected chi connectivity index (χ4v) is 1.53. The van der Waals surface area contributed by atoms with Crippen molar-refractivity contribution in [2.45, 2.75) is 32.3 Å². The maximum absolute atomic E-state index is 7.48. The number of para-hydroxylation sites is 1. The molecular weight excluding hydrogens is 148 g/mol. The van der Waals surface area contributed by atoms with E-state index in [9.17, 15) is 0 Å². The molecule has 0 saturated carbocycles. The smallest absolute Gasteiger partial charge is 0.123 e. The van der Waals surface area contributed by atoms with Crippen LogP contribution >= 0.6 is 0 Å². The van der Waals surface area contributed by atoms with Gasteiger partial charge in [0.05, 0.1) is 1.37 Å². The second-order valence-corrected chi connectivity index (χ2v) is 3.90. The lowest BCUT2D eigenvalue weighted by molar-refractivity contribution is 0.0847. The molecule has 64 valence electrons. The van der Waals surface area contributed by atoms with E-state index in [1.807, 2.05) is 12.1 Å². The van der Waals surface area contributed by atoms with Crippen LogP contribution in [0, 0.1) is 0 Å². The number of benzene rings is 1. The Hall–Kier alpha value is -0.980. The monoisotopic (exact) mass is 163 g/mol. The van der Waals surface area contributed by atoms with E-state index in [-0.39, 0.29) is 5.60 Å². The Balaban J connectivity index is 2.37. The van der Waals surface area contributed by atoms with Crippen LogP contribution in [-0.2, 0) is 6.42 Å². The van der Waals surface area contributed by atoms with Gasteiger partial charge in [-0.05, 0) is 38.3 Å². The molecule has 0 fully saturated rings. The van der Waals surface area contributed by atoms with Crippen molar-refractivity contribution >= 4 is 0 Å². The van der Waals surface area contributed by atoms with E-state index in [4.69, 9.17) is 6.11 Å². The predicted molar refractivity (Wildman–Crippen MR) is 49.5 cm³/mol. The maximum Gasteiger partial charge on any atom is 0.123 e. The van der Waals surface area contributed by atoms with Gasteiger partial charge in [-0.2, -0.15) is 0 Å². The van der Waals surface area contributed by atoms with Crippen molar-refractivity contribution in [3.8, 4) is 5.75 Å². The van der Waals surface area contributed by atoms with Gasteiger partial charge in [0.2, 0.25) is 0 Å². The molecule has 0 aliphatic carbocycles. The number of hydrogen-bond donors (Lipinski definition) is 0. The van der Waals surface area contributed by atoms with Crippen LogP contribution < -0.4 is 4.74 Å². The molecule has 0 bridgehead atoms. The average Bonchev–Trinajstić information content (AvgIpc) is 2.05. The topological polar surface area (TPSA) is 9.23 Å². The molecular formula is C11H14O. The zero-order chi connectivity index (χ0) is 9.47. The third kappa shape index (κ3) is 1.31. The molecule has 0 amide bonds. The molecule has 12 heavy (non-hydrogen) atoms. The van der Waals surface area contributed by atoms with E-state index in [1.54, 1.807) is 6.07 Å². The van der Waals surface area contributed by atoms with Gasteiger partial charge in [-0.1, -0.05) is 18.2 Å². The van der Waals surface area contributed by atoms with Crippen molar-refractivity contribution in [2.75, 3.05) is 0 Å². The number of fused-ring (bicyclic) bond motifs is 1. The molecule has 1 aliphatic rings. The minimum Gasteiger partial charge on any atom is -0.488 e. The summed E-state index contributed by atoms with van der Waals surface area (Å²) in [5.74, 6) is 0.951. The molecule has 0 N–H and O–H groups in total. The highest BCUT2D eigenvalue weighted by molar-refractivity contribution is 5.35. The zero-order valence-electron chi connectivity index (χ0n) is 8.55. The summed E-state index contributed by atoms with van der Waals surface area (Å²) in [5.41, 5.74) is 1.13. The third-order valence-electron chi connectivity index (χ3n) is 2.29. The van der Waals surface area contributed by atoms with Crippen LogP contribution in [0.4, 0.5) is 0 Å². The fourth-order valence-electron chi connectivity index (χ4n) is 1.53. The van der Waals surface area contributed by atoms with Gasteiger partial charge in [-0.15, -0.1) is 0 Å². The van der Waals surface area contributed by atoms with Gasteiger partial charge in [-0.25, -0.2) is 0 Å². The first-order valence-electron chi connectivity index (χ1n) is 4.85. The number of ether oxygens (including phenoxy) is 1. The van der Waals surface area contributed by atoms with Crippen LogP contribution in [0.5, 0.6) is 5.75 Å². The van der Waals surface area contributed by atoms with Crippen molar-refractivity contribution in [1.82, 2.24) is 0 Å². The molecule has 0 radical (unpaired) electrons. The van der Waals surface area contributed by atoms with Gasteiger partial charge in [0.15, 0.2) is 0 Å². The van der Waals surface area contributed by atoms with Crippen LogP contribution in [0.3, 0.4) is 0 Å². The van der Waals surface area contributed by atoms with Gasteiger partial charge in [-0.3, -0.25) is 0 Å². The summed E-state index contributed by atoms with van der Waals surface area (Å²) in [4.78, 5) is 0. The molecule has 0 saturated heterocycles. The standard InChI is InChI=1S/C11H14O/c1-11(2)8-7-9-5-3-4-6-10(9)12-11/h3-6H,7-8H2,1-2H3/i3D. The first kappa shape index (κ1) is 6.53. The van der Waals surface area contributed by atoms with Gasteiger partial charge in [0.1, 0.15) is 11.4 Å². The van der Waals surface area contributed by atoms with Crippen molar-refractivity contribution in [1.29, 1.82) is 0 Å². The van der Waals surface area contributed by atoms with Crippen LogP contribution in [0.1, 0.15) is 27.2 Å². The van der Waals surface area contributed by atoms with E-state index >= 15 is 0 Å². The Bertz CT molecular complexity index is 331. The van der Waals surface area contributed by atoms with Gasteiger partial charge in [0.25, 0.3) is 0 Å². The summed E-state index contributed by atoms with van der Waals surface area (Å²) in [7, 11) is 0. The molecule has 1 heterocycles. The molecule has 2 rings (SSSR count). The highest BCUT2D eigenvalue weighted by Gasteiger charge is 2.25. The van der Waals surface area contributed by atoms with Crippen LogP contribution in [0.25, 0.3) is 0 Å². The molecule has 0 aromatic heterocycles. The lowest BCUT2D eigenvalue weighted by atomic mass is 9.94. The van der Waals surface area contributed by atoms with Gasteiger partial charge in [0, 0.05) is 0 Å². The van der Waals surface area contributed by atoms with Gasteiger partial charge >= 0.3 is 0 Å². The number of aryl methyl sites for hydroxylation is 1. The minimum atomic E-state index is -0.0451. The lowest BCUT2D eigenvalue weighted by Gasteiger charge is -2.32. The predicted octanol–water partition coefficient (Wildman–Crippen LogP) is 2.79. The second kappa shape index (κ2) is 2.51. The molecule has 0 unspecified atom stereocenters. The van der Waals surface area contributed by atoms with Crippen molar-refractivity contribution in [3.63, 3.8) is 0 Å². The highest BCUT2D eigenvalue weighted by atomic mass is 16.5. The Morgan fingerprint density at radius 3 is 3.17 bits per heavy atom. The molecule has 1 aromatic carbocycles. The molecule has 1 nitrogen and oxygen atoms in total. The Kier molecular flexibility index (Phi) is 1.37. The Morgan fingerprint density at radius 1 is 1.50 bits per heavy atom. The summed E-state index contributed by atoms with van der Waals surface area (Å²) < 4.78 is 13.3. The zero-order valence-corrected chi connectivity index (χ0v) is 7.55. The second-order valence-electron chi connectivity index (χ2n) is 3.90. The summed E-state index contributed by atoms with van der Waals surface area (Å²) in [6.45, 7) is 4.20. The summed E-state index contributed by atoms with van der Waals surface area (Å²) in [5, 5.41) is 0. The van der Waals surface area contributed by atoms with Crippen LogP contribution in [0.2, 0.25) is 0 Å². The normalized spacial score (nSPS) is 20.7. The SMILES string of the molecule is [2H]c1ccc2c(c1)CCC(C)(C)O2. The number of hydrogen-bond acceptors (Lipinski definition) is 1. The average molecular weight is 163 g/mol. The van der Waals surface area contributed by atoms with Crippen molar-refractivity contribution in [2.24, 2.45) is 0 Å². The minimum absolute atomic E-state index is 0.0451. The number of rotatable bonds is 0. The first-order chi connectivity index (χ1) is 6.07. The Labute approximate surface area is 74.8 Å². The quantitative estimate of drug-likeness (QED) is 0.571. The lowest BCUT2D eigenvalue weighted by Crippen LogP contribution is -2.32.